The first-order valence-electron chi connectivity index (χ1n) is 7.73. The van der Waals surface area contributed by atoms with E-state index in [0.717, 1.165) is 6.20 Å². The van der Waals surface area contributed by atoms with Crippen molar-refractivity contribution in [1.82, 2.24) is 0 Å². The third-order valence-electron chi connectivity index (χ3n) is 3.04. The molecule has 1 aromatic rings. The van der Waals surface area contributed by atoms with Crippen LogP contribution in [0.2, 0.25) is 15.1 Å². The van der Waals surface area contributed by atoms with E-state index in [1.165, 1.54) is 13.0 Å². The van der Waals surface area contributed by atoms with E-state index < -0.39 is 17.7 Å². The van der Waals surface area contributed by atoms with E-state index in [1.807, 2.05) is 6.92 Å². The Bertz CT molecular complexity index is 746. The molecule has 26 heavy (non-hydrogen) atoms. The molecular weight excluding hydrogens is 405 g/mol. The molecule has 0 heterocycles. The van der Waals surface area contributed by atoms with Gasteiger partial charge in [-0.25, -0.2) is 9.59 Å². The minimum Gasteiger partial charge on any atom is -0.462 e. The largest absolute Gasteiger partial charge is 0.462 e. The molecule has 0 saturated heterocycles. The number of nitrogens with one attached hydrogen (secondary N) is 1. The summed E-state index contributed by atoms with van der Waals surface area (Å²) >= 11 is 18.3. The number of halogens is 3. The number of esters is 2. The van der Waals surface area contributed by atoms with Gasteiger partial charge in [0.2, 0.25) is 0 Å². The van der Waals surface area contributed by atoms with Crippen LogP contribution < -0.4 is 5.32 Å². The molecule has 0 spiro atoms. The second kappa shape index (κ2) is 10.4. The Hall–Kier alpha value is -1.76. The van der Waals surface area contributed by atoms with E-state index in [-0.39, 0.29) is 45.1 Å². The molecule has 9 heteroatoms. The molecule has 0 bridgehead atoms. The van der Waals surface area contributed by atoms with Crippen LogP contribution in [0.5, 0.6) is 0 Å². The maximum absolute atomic E-state index is 12.0. The zero-order valence-electron chi connectivity index (χ0n) is 14.5. The van der Waals surface area contributed by atoms with E-state index in [1.54, 1.807) is 6.92 Å². The number of carbonyl (C=O) groups is 3. The number of hydrogen-bond donors (Lipinski definition) is 1. The Morgan fingerprint density at radius 1 is 1.12 bits per heavy atom. The molecular formula is C17H18Cl3NO5. The Kier molecular flexibility index (Phi) is 8.92. The highest BCUT2D eigenvalue weighted by Gasteiger charge is 2.22. The summed E-state index contributed by atoms with van der Waals surface area (Å²) in [6, 6.07) is 1.36. The van der Waals surface area contributed by atoms with Crippen molar-refractivity contribution in [3.63, 3.8) is 0 Å². The van der Waals surface area contributed by atoms with Gasteiger partial charge in [0.25, 0.3) is 0 Å². The SMILES string of the molecule is CCCOC(=O)C(=CNc1cc(Cl)c(Cl)c(C(=O)OCC)c1Cl)C(C)=O. The molecule has 142 valence electrons. The summed E-state index contributed by atoms with van der Waals surface area (Å²) in [7, 11) is 0. The molecule has 0 aliphatic rings. The molecule has 1 N–H and O–H groups in total. The molecule has 0 atom stereocenters. The molecule has 0 unspecified atom stereocenters. The van der Waals surface area contributed by atoms with Crippen molar-refractivity contribution in [3.05, 3.63) is 38.5 Å². The highest BCUT2D eigenvalue weighted by atomic mass is 35.5. The number of anilines is 1. The lowest BCUT2D eigenvalue weighted by atomic mass is 10.1. The van der Waals surface area contributed by atoms with Crippen LogP contribution in [0.25, 0.3) is 0 Å². The summed E-state index contributed by atoms with van der Waals surface area (Å²) in [4.78, 5) is 35.6. The van der Waals surface area contributed by atoms with E-state index in [4.69, 9.17) is 44.3 Å². The zero-order valence-corrected chi connectivity index (χ0v) is 16.7. The Labute approximate surface area is 166 Å². The van der Waals surface area contributed by atoms with Crippen LogP contribution in [0.4, 0.5) is 5.69 Å². The standard InChI is InChI=1S/C17H18Cl3NO5/c1-4-6-26-16(23)10(9(3)22)8-21-12-7-11(18)14(19)13(15(12)20)17(24)25-5-2/h7-8,21H,4-6H2,1-3H3. The van der Waals surface area contributed by atoms with Crippen LogP contribution in [0.15, 0.2) is 17.8 Å². The zero-order chi connectivity index (χ0) is 19.9. The van der Waals surface area contributed by atoms with Gasteiger partial charge in [-0.2, -0.15) is 0 Å². The Balaban J connectivity index is 3.25. The number of hydrogen-bond acceptors (Lipinski definition) is 6. The maximum atomic E-state index is 12.0. The summed E-state index contributed by atoms with van der Waals surface area (Å²) in [5.41, 5.74) is -0.152. The van der Waals surface area contributed by atoms with Crippen molar-refractivity contribution in [2.24, 2.45) is 0 Å². The summed E-state index contributed by atoms with van der Waals surface area (Å²) in [5.74, 6) is -2.01. The van der Waals surface area contributed by atoms with Gasteiger partial charge in [0, 0.05) is 6.20 Å². The molecule has 1 rings (SSSR count). The van der Waals surface area contributed by atoms with Gasteiger partial charge in [0.05, 0.1) is 34.0 Å². The molecule has 0 aliphatic heterocycles. The highest BCUT2D eigenvalue weighted by Crippen LogP contribution is 2.38. The second-order valence-electron chi connectivity index (χ2n) is 5.02. The Morgan fingerprint density at radius 2 is 1.77 bits per heavy atom. The third-order valence-corrected chi connectivity index (χ3v) is 4.22. The number of ketones is 1. The molecule has 0 radical (unpaired) electrons. The van der Waals surface area contributed by atoms with Gasteiger partial charge in [-0.1, -0.05) is 41.7 Å². The normalized spacial score (nSPS) is 11.1. The van der Waals surface area contributed by atoms with Gasteiger partial charge in [-0.05, 0) is 26.3 Å². The van der Waals surface area contributed by atoms with Crippen molar-refractivity contribution in [2.45, 2.75) is 27.2 Å². The third kappa shape index (κ3) is 5.62. The highest BCUT2D eigenvalue weighted by molar-refractivity contribution is 6.47. The molecule has 1 aromatic carbocycles. The average molecular weight is 423 g/mol. The van der Waals surface area contributed by atoms with Gasteiger partial charge in [-0.3, -0.25) is 4.79 Å². The predicted molar refractivity (Wildman–Crippen MR) is 101 cm³/mol. The van der Waals surface area contributed by atoms with Gasteiger partial charge in [0.1, 0.15) is 11.1 Å². The fourth-order valence-corrected chi connectivity index (χ4v) is 2.58. The first kappa shape index (κ1) is 22.3. The lowest BCUT2D eigenvalue weighted by Gasteiger charge is -2.13. The topological polar surface area (TPSA) is 81.7 Å². The molecule has 0 aliphatic carbocycles. The maximum Gasteiger partial charge on any atom is 0.343 e. The Morgan fingerprint density at radius 3 is 2.31 bits per heavy atom. The first-order chi connectivity index (χ1) is 12.2. The second-order valence-corrected chi connectivity index (χ2v) is 6.19. The molecule has 6 nitrogen and oxygen atoms in total. The van der Waals surface area contributed by atoms with Gasteiger partial charge >= 0.3 is 11.9 Å². The molecule has 0 aromatic heterocycles. The molecule has 0 amide bonds. The summed E-state index contributed by atoms with van der Waals surface area (Å²) < 4.78 is 9.86. The predicted octanol–water partition coefficient (Wildman–Crippen LogP) is 4.66. The van der Waals surface area contributed by atoms with E-state index >= 15 is 0 Å². The minimum atomic E-state index is -0.770. The molecule has 0 saturated carbocycles. The van der Waals surface area contributed by atoms with E-state index in [0.29, 0.717) is 6.42 Å². The van der Waals surface area contributed by atoms with Gasteiger partial charge in [0.15, 0.2) is 5.78 Å². The van der Waals surface area contributed by atoms with Crippen LogP contribution in [-0.2, 0) is 19.1 Å². The van der Waals surface area contributed by atoms with Crippen LogP contribution in [0.3, 0.4) is 0 Å². The quantitative estimate of drug-likeness (QED) is 0.216. The number of Topliss-reactive ketones (excluding diaryl/α,β-unsaturated/α-hetero) is 1. The van der Waals surface area contributed by atoms with Crippen LogP contribution >= 0.6 is 34.8 Å². The fourth-order valence-electron chi connectivity index (χ4n) is 1.82. The number of carbonyl (C=O) groups excluding carboxylic acids is 3. The summed E-state index contributed by atoms with van der Waals surface area (Å²) in [5, 5.41) is 2.63. The van der Waals surface area contributed by atoms with Crippen molar-refractivity contribution in [2.75, 3.05) is 18.5 Å². The lowest BCUT2D eigenvalue weighted by molar-refractivity contribution is -0.140. The number of ether oxygens (including phenoxy) is 2. The smallest absolute Gasteiger partial charge is 0.343 e. The number of benzene rings is 1. The molecule has 0 fully saturated rings. The van der Waals surface area contributed by atoms with Crippen molar-refractivity contribution < 1.29 is 23.9 Å². The van der Waals surface area contributed by atoms with Crippen LogP contribution in [0.1, 0.15) is 37.6 Å². The van der Waals surface area contributed by atoms with Gasteiger partial charge < -0.3 is 14.8 Å². The monoisotopic (exact) mass is 421 g/mol. The summed E-state index contributed by atoms with van der Waals surface area (Å²) in [6.45, 7) is 4.99. The summed E-state index contributed by atoms with van der Waals surface area (Å²) in [6.07, 6.45) is 1.76. The van der Waals surface area contributed by atoms with Crippen molar-refractivity contribution in [1.29, 1.82) is 0 Å². The minimum absolute atomic E-state index is 0.0490. The average Bonchev–Trinajstić information content (AvgIpc) is 2.57. The first-order valence-corrected chi connectivity index (χ1v) is 8.87. The van der Waals surface area contributed by atoms with Crippen molar-refractivity contribution >= 4 is 58.2 Å². The van der Waals surface area contributed by atoms with Crippen molar-refractivity contribution in [3.8, 4) is 0 Å². The van der Waals surface area contributed by atoms with Crippen LogP contribution in [0, 0.1) is 0 Å². The van der Waals surface area contributed by atoms with Crippen LogP contribution in [-0.4, -0.2) is 30.9 Å². The fraction of sp³-hybridized carbons (Fsp3) is 0.353. The van der Waals surface area contributed by atoms with E-state index in [2.05, 4.69) is 5.32 Å². The van der Waals surface area contributed by atoms with E-state index in [9.17, 15) is 14.4 Å². The van der Waals surface area contributed by atoms with Gasteiger partial charge in [-0.15, -0.1) is 0 Å². The lowest BCUT2D eigenvalue weighted by Crippen LogP contribution is -2.16. The number of rotatable bonds is 8.